The van der Waals surface area contributed by atoms with Gasteiger partial charge >= 0.3 is 0 Å². The molecule has 1 heterocycles. The molecule has 0 saturated heterocycles. The van der Waals surface area contributed by atoms with Crippen LogP contribution in [0.1, 0.15) is 29.6 Å². The number of ether oxygens (including phenoxy) is 1. The minimum absolute atomic E-state index is 0.0316. The molecule has 2 amide bonds. The average molecular weight is 533 g/mol. The number of rotatable bonds is 6. The zero-order valence-corrected chi connectivity index (χ0v) is 19.1. The standard InChI is InChI=1S/C21H17Cl2F3N4O5/c22-11-4-9(30-21(34)28-20(33)16(29-30)18(25)26)5-12(23)17(11)35-15-6-10(14(31)7-13(15)24)19(32)27-8-2-1-3-8/h4-8,18,21,31,34H,1-3H2,(H,27,32)(H,28,33). The first-order valence-electron chi connectivity index (χ1n) is 10.2. The van der Waals surface area contributed by atoms with Gasteiger partial charge in [-0.1, -0.05) is 23.2 Å². The van der Waals surface area contributed by atoms with Crippen molar-refractivity contribution < 1.29 is 37.7 Å². The van der Waals surface area contributed by atoms with E-state index < -0.39 is 47.6 Å². The molecule has 4 N–H and O–H groups in total. The summed E-state index contributed by atoms with van der Waals surface area (Å²) in [6, 6.07) is 3.91. The quantitative estimate of drug-likeness (QED) is 0.449. The molecule has 0 spiro atoms. The first-order chi connectivity index (χ1) is 16.5. The number of anilines is 1. The Bertz CT molecular complexity index is 1200. The maximum Gasteiger partial charge on any atom is 0.287 e. The number of hydrazone groups is 1. The fourth-order valence-electron chi connectivity index (χ4n) is 3.32. The van der Waals surface area contributed by atoms with Crippen LogP contribution in [0.5, 0.6) is 17.2 Å². The van der Waals surface area contributed by atoms with Crippen LogP contribution in [0.2, 0.25) is 10.0 Å². The topological polar surface area (TPSA) is 123 Å². The van der Waals surface area contributed by atoms with Gasteiger partial charge in [-0.3, -0.25) is 9.59 Å². The van der Waals surface area contributed by atoms with Gasteiger partial charge in [-0.15, -0.1) is 0 Å². The van der Waals surface area contributed by atoms with E-state index in [1.165, 1.54) is 0 Å². The van der Waals surface area contributed by atoms with Gasteiger partial charge in [0.15, 0.2) is 23.0 Å². The largest absolute Gasteiger partial charge is 0.507 e. The number of phenolic OH excluding ortho intramolecular Hbond substituents is 1. The fraction of sp³-hybridized carbons (Fsp3) is 0.286. The molecule has 9 nitrogen and oxygen atoms in total. The van der Waals surface area contributed by atoms with E-state index in [-0.39, 0.29) is 33.1 Å². The van der Waals surface area contributed by atoms with Crippen molar-refractivity contribution in [2.75, 3.05) is 5.01 Å². The summed E-state index contributed by atoms with van der Waals surface area (Å²) in [4.78, 5) is 24.0. The Hall–Kier alpha value is -3.22. The van der Waals surface area contributed by atoms with Crippen LogP contribution >= 0.6 is 23.2 Å². The number of benzene rings is 2. The number of aliphatic hydroxyl groups excluding tert-OH is 1. The SMILES string of the molecule is O=C1NC(O)N(c2cc(Cl)c(Oc3cc(C(=O)NC4CCC4)c(O)cc3F)c(Cl)c2)N=C1C(F)F. The lowest BCUT2D eigenvalue weighted by Crippen LogP contribution is -2.54. The summed E-state index contributed by atoms with van der Waals surface area (Å²) in [6.45, 7) is 0. The lowest BCUT2D eigenvalue weighted by molar-refractivity contribution is -0.119. The molecule has 1 fully saturated rings. The number of aromatic hydroxyl groups is 1. The number of hydrogen-bond donors (Lipinski definition) is 4. The lowest BCUT2D eigenvalue weighted by atomic mass is 9.93. The molecule has 2 aliphatic rings. The van der Waals surface area contributed by atoms with Gasteiger partial charge in [-0.2, -0.15) is 5.10 Å². The third-order valence-electron chi connectivity index (χ3n) is 5.34. The molecule has 1 atom stereocenters. The van der Waals surface area contributed by atoms with Crippen molar-refractivity contribution in [3.8, 4) is 17.2 Å². The highest BCUT2D eigenvalue weighted by atomic mass is 35.5. The van der Waals surface area contributed by atoms with Crippen molar-refractivity contribution in [3.05, 3.63) is 45.7 Å². The van der Waals surface area contributed by atoms with Gasteiger partial charge < -0.3 is 25.6 Å². The maximum atomic E-state index is 14.5. The lowest BCUT2D eigenvalue weighted by Gasteiger charge is -2.30. The van der Waals surface area contributed by atoms with Crippen LogP contribution in [0.15, 0.2) is 29.4 Å². The zero-order chi connectivity index (χ0) is 25.4. The molecule has 1 unspecified atom stereocenters. The number of carbonyl (C=O) groups is 2. The van der Waals surface area contributed by atoms with E-state index >= 15 is 0 Å². The smallest absolute Gasteiger partial charge is 0.287 e. The maximum absolute atomic E-state index is 14.5. The molecule has 0 radical (unpaired) electrons. The Kier molecular flexibility index (Phi) is 6.97. The second kappa shape index (κ2) is 9.80. The van der Waals surface area contributed by atoms with Crippen molar-refractivity contribution in [2.45, 2.75) is 38.1 Å². The van der Waals surface area contributed by atoms with Crippen LogP contribution in [0.25, 0.3) is 0 Å². The molecule has 0 aromatic heterocycles. The second-order valence-corrected chi connectivity index (χ2v) is 8.53. The summed E-state index contributed by atoms with van der Waals surface area (Å²) in [6.07, 6.45) is -2.45. The number of nitrogens with one attached hydrogen (secondary N) is 2. The van der Waals surface area contributed by atoms with Gasteiger partial charge in [0, 0.05) is 18.2 Å². The molecule has 35 heavy (non-hydrogen) atoms. The number of halogens is 5. The molecule has 1 aliphatic carbocycles. The van der Waals surface area contributed by atoms with Crippen molar-refractivity contribution in [2.24, 2.45) is 5.10 Å². The molecule has 2 aromatic carbocycles. The highest BCUT2D eigenvalue weighted by molar-refractivity contribution is 6.41. The van der Waals surface area contributed by atoms with Gasteiger partial charge in [0.05, 0.1) is 21.3 Å². The predicted octanol–water partition coefficient (Wildman–Crippen LogP) is 3.75. The molecule has 1 aliphatic heterocycles. The summed E-state index contributed by atoms with van der Waals surface area (Å²) in [7, 11) is 0. The molecule has 4 rings (SSSR count). The highest BCUT2D eigenvalue weighted by Crippen LogP contribution is 2.42. The van der Waals surface area contributed by atoms with E-state index in [1.807, 2.05) is 5.32 Å². The fourth-order valence-corrected chi connectivity index (χ4v) is 3.87. The summed E-state index contributed by atoms with van der Waals surface area (Å²) < 4.78 is 46.1. The molecular weight excluding hydrogens is 516 g/mol. The van der Waals surface area contributed by atoms with Crippen LogP contribution in [0.4, 0.5) is 18.9 Å². The van der Waals surface area contributed by atoms with Gasteiger partial charge in [0.1, 0.15) is 5.75 Å². The van der Waals surface area contributed by atoms with E-state index in [9.17, 15) is 33.0 Å². The van der Waals surface area contributed by atoms with E-state index in [0.29, 0.717) is 11.1 Å². The van der Waals surface area contributed by atoms with Crippen LogP contribution in [-0.4, -0.2) is 46.6 Å². The monoisotopic (exact) mass is 532 g/mol. The first kappa shape index (κ1) is 24.9. The molecule has 14 heteroatoms. The third kappa shape index (κ3) is 5.09. The minimum atomic E-state index is -3.22. The molecule has 2 aromatic rings. The van der Waals surface area contributed by atoms with Crippen molar-refractivity contribution in [3.63, 3.8) is 0 Å². The van der Waals surface area contributed by atoms with Crippen LogP contribution in [0, 0.1) is 5.82 Å². The van der Waals surface area contributed by atoms with Gasteiger partial charge in [-0.05, 0) is 31.4 Å². The summed E-state index contributed by atoms with van der Waals surface area (Å²) in [5.41, 5.74) is -1.45. The van der Waals surface area contributed by atoms with Crippen molar-refractivity contribution in [1.82, 2.24) is 10.6 Å². The Morgan fingerprint density at radius 3 is 2.46 bits per heavy atom. The van der Waals surface area contributed by atoms with Crippen LogP contribution in [0.3, 0.4) is 0 Å². The highest BCUT2D eigenvalue weighted by Gasteiger charge is 2.33. The number of phenols is 1. The normalized spacial score (nSPS) is 18.1. The number of carbonyl (C=O) groups excluding carboxylic acids is 2. The van der Waals surface area contributed by atoms with E-state index in [0.717, 1.165) is 37.5 Å². The Labute approximate surface area is 206 Å². The molecule has 0 bridgehead atoms. The van der Waals surface area contributed by atoms with E-state index in [1.54, 1.807) is 0 Å². The number of aliphatic hydroxyl groups is 1. The minimum Gasteiger partial charge on any atom is -0.507 e. The zero-order valence-electron chi connectivity index (χ0n) is 17.6. The van der Waals surface area contributed by atoms with Gasteiger partial charge in [0.25, 0.3) is 18.2 Å². The van der Waals surface area contributed by atoms with E-state index in [2.05, 4.69) is 10.4 Å². The summed E-state index contributed by atoms with van der Waals surface area (Å²) in [5.74, 6) is -4.20. The summed E-state index contributed by atoms with van der Waals surface area (Å²) in [5, 5.41) is 28.3. The summed E-state index contributed by atoms with van der Waals surface area (Å²) >= 11 is 12.4. The van der Waals surface area contributed by atoms with Gasteiger partial charge in [0.2, 0.25) is 6.35 Å². The van der Waals surface area contributed by atoms with Crippen molar-refractivity contribution >= 4 is 46.4 Å². The molecular formula is C21H17Cl2F3N4O5. The Morgan fingerprint density at radius 1 is 1.23 bits per heavy atom. The number of alkyl halides is 2. The van der Waals surface area contributed by atoms with Crippen molar-refractivity contribution in [1.29, 1.82) is 0 Å². The number of nitrogens with zero attached hydrogens (tertiary/aromatic N) is 2. The predicted molar refractivity (Wildman–Crippen MR) is 120 cm³/mol. The van der Waals surface area contributed by atoms with Gasteiger partial charge in [-0.25, -0.2) is 18.2 Å². The Balaban J connectivity index is 1.63. The molecule has 1 saturated carbocycles. The average Bonchev–Trinajstić information content (AvgIpc) is 2.74. The van der Waals surface area contributed by atoms with E-state index in [4.69, 9.17) is 27.9 Å². The third-order valence-corrected chi connectivity index (χ3v) is 5.90. The Morgan fingerprint density at radius 2 is 1.89 bits per heavy atom. The van der Waals surface area contributed by atoms with Crippen LogP contribution in [-0.2, 0) is 4.79 Å². The first-order valence-corrected chi connectivity index (χ1v) is 11.0. The second-order valence-electron chi connectivity index (χ2n) is 7.72. The van der Waals surface area contributed by atoms with Crippen LogP contribution < -0.4 is 20.4 Å². The number of hydrogen-bond acceptors (Lipinski definition) is 7. The molecule has 186 valence electrons. The number of amides is 2.